The Bertz CT molecular complexity index is 508. The van der Waals surface area contributed by atoms with E-state index in [2.05, 4.69) is 26.9 Å². The molecule has 1 aliphatic carbocycles. The van der Waals surface area contributed by atoms with Crippen LogP contribution in [-0.2, 0) is 0 Å². The van der Waals surface area contributed by atoms with Crippen LogP contribution in [0.4, 0.5) is 20.2 Å². The van der Waals surface area contributed by atoms with E-state index in [1.165, 1.54) is 11.1 Å². The Morgan fingerprint density at radius 2 is 2.11 bits per heavy atom. The number of β-amino-alcohol motifs (C(OH)–C–C–N with tert-alkyl or cyclic N) is 1. The van der Waals surface area contributed by atoms with Crippen LogP contribution in [0.15, 0.2) is 10.5 Å². The molecular weight excluding hydrogens is 308 g/mol. The molecule has 1 aromatic rings. The van der Waals surface area contributed by atoms with Crippen LogP contribution in [0, 0.1) is 11.6 Å². The van der Waals surface area contributed by atoms with Gasteiger partial charge in [-0.15, -0.1) is 5.53 Å². The van der Waals surface area contributed by atoms with Crippen molar-refractivity contribution in [3.63, 3.8) is 0 Å². The molecule has 98 valence electrons. The standard InChI is InChI=1S/C11H12BrF2N3O/c12-6-4-7-10(9(14)8(6)13)17(16-15-7)5-11(18)2-1-3-11/h4,15-16,18H,1-3,5H2. The van der Waals surface area contributed by atoms with E-state index < -0.39 is 17.2 Å². The maximum atomic E-state index is 13.9. The smallest absolute Gasteiger partial charge is 0.186 e. The van der Waals surface area contributed by atoms with Gasteiger partial charge in [-0.2, -0.15) is 0 Å². The highest BCUT2D eigenvalue weighted by molar-refractivity contribution is 9.10. The Morgan fingerprint density at radius 3 is 2.72 bits per heavy atom. The number of anilines is 2. The molecule has 3 rings (SSSR count). The average Bonchev–Trinajstić information content (AvgIpc) is 2.67. The average molecular weight is 320 g/mol. The van der Waals surface area contributed by atoms with Crippen molar-refractivity contribution in [1.29, 1.82) is 0 Å². The summed E-state index contributed by atoms with van der Waals surface area (Å²) in [4.78, 5) is 0. The van der Waals surface area contributed by atoms with Crippen molar-refractivity contribution in [3.8, 4) is 0 Å². The molecule has 0 atom stereocenters. The summed E-state index contributed by atoms with van der Waals surface area (Å²) in [7, 11) is 0. The Labute approximate surface area is 111 Å². The van der Waals surface area contributed by atoms with Gasteiger partial charge in [0.2, 0.25) is 0 Å². The molecular formula is C11H12BrF2N3O. The summed E-state index contributed by atoms with van der Waals surface area (Å²) in [5.41, 5.74) is 5.24. The topological polar surface area (TPSA) is 47.5 Å². The number of benzene rings is 1. The molecule has 0 spiro atoms. The highest BCUT2D eigenvalue weighted by atomic mass is 79.9. The third-order valence-corrected chi connectivity index (χ3v) is 4.05. The summed E-state index contributed by atoms with van der Waals surface area (Å²) in [6.07, 6.45) is 2.32. The first kappa shape index (κ1) is 12.1. The number of rotatable bonds is 2. The van der Waals surface area contributed by atoms with Gasteiger partial charge in [-0.3, -0.25) is 5.01 Å². The van der Waals surface area contributed by atoms with Crippen LogP contribution in [0.5, 0.6) is 0 Å². The maximum absolute atomic E-state index is 13.9. The van der Waals surface area contributed by atoms with Crippen molar-refractivity contribution in [2.75, 3.05) is 17.0 Å². The summed E-state index contributed by atoms with van der Waals surface area (Å²) < 4.78 is 27.5. The minimum Gasteiger partial charge on any atom is -0.388 e. The number of nitrogens with one attached hydrogen (secondary N) is 2. The van der Waals surface area contributed by atoms with Gasteiger partial charge in [0.1, 0.15) is 5.69 Å². The second-order valence-corrected chi connectivity index (χ2v) is 5.64. The monoisotopic (exact) mass is 319 g/mol. The molecule has 18 heavy (non-hydrogen) atoms. The lowest BCUT2D eigenvalue weighted by Crippen LogP contribution is -2.52. The number of aliphatic hydroxyl groups is 1. The minimum atomic E-state index is -0.931. The summed E-state index contributed by atoms with van der Waals surface area (Å²) in [5, 5.41) is 11.5. The molecule has 0 saturated heterocycles. The molecule has 1 saturated carbocycles. The Hall–Kier alpha value is -0.920. The van der Waals surface area contributed by atoms with E-state index >= 15 is 0 Å². The fourth-order valence-electron chi connectivity index (χ4n) is 2.28. The number of halogens is 3. The molecule has 7 heteroatoms. The first-order valence-electron chi connectivity index (χ1n) is 5.69. The minimum absolute atomic E-state index is 0.0669. The third-order valence-electron chi connectivity index (χ3n) is 3.47. The number of hydrogen-bond acceptors (Lipinski definition) is 4. The van der Waals surface area contributed by atoms with Crippen molar-refractivity contribution in [1.82, 2.24) is 5.53 Å². The zero-order valence-corrected chi connectivity index (χ0v) is 11.0. The Balaban J connectivity index is 1.93. The highest BCUT2D eigenvalue weighted by Crippen LogP contribution is 2.40. The molecule has 0 amide bonds. The third kappa shape index (κ3) is 1.77. The second kappa shape index (κ2) is 4.04. The fraction of sp³-hybridized carbons (Fsp3) is 0.455. The van der Waals surface area contributed by atoms with Gasteiger partial charge in [-0.25, -0.2) is 8.78 Å². The van der Waals surface area contributed by atoms with E-state index in [0.29, 0.717) is 18.5 Å². The van der Waals surface area contributed by atoms with E-state index in [1.54, 1.807) is 0 Å². The summed E-state index contributed by atoms with van der Waals surface area (Å²) in [6.45, 7) is 0.227. The maximum Gasteiger partial charge on any atom is 0.186 e. The molecule has 2 aliphatic rings. The predicted molar refractivity (Wildman–Crippen MR) is 67.0 cm³/mol. The van der Waals surface area contributed by atoms with Gasteiger partial charge in [-0.1, -0.05) is 0 Å². The van der Waals surface area contributed by atoms with Crippen molar-refractivity contribution in [2.45, 2.75) is 24.9 Å². The van der Waals surface area contributed by atoms with Gasteiger partial charge in [0.15, 0.2) is 11.6 Å². The number of hydrazine groups is 2. The molecule has 3 N–H and O–H groups in total. The molecule has 0 aromatic heterocycles. The first-order valence-corrected chi connectivity index (χ1v) is 6.49. The van der Waals surface area contributed by atoms with E-state index in [1.807, 2.05) is 0 Å². The van der Waals surface area contributed by atoms with Crippen molar-refractivity contribution < 1.29 is 13.9 Å². The van der Waals surface area contributed by atoms with Crippen LogP contribution in [0.3, 0.4) is 0 Å². The van der Waals surface area contributed by atoms with Crippen LogP contribution >= 0.6 is 15.9 Å². The van der Waals surface area contributed by atoms with Gasteiger partial charge in [-0.05, 0) is 41.3 Å². The lowest BCUT2D eigenvalue weighted by atomic mass is 9.80. The summed E-state index contributed by atoms with van der Waals surface area (Å²) in [6, 6.07) is 1.46. The van der Waals surface area contributed by atoms with Gasteiger partial charge in [0, 0.05) is 0 Å². The first-order chi connectivity index (χ1) is 8.50. The molecule has 1 heterocycles. The zero-order chi connectivity index (χ0) is 12.9. The van der Waals surface area contributed by atoms with Crippen LogP contribution < -0.4 is 16.0 Å². The summed E-state index contributed by atoms with van der Waals surface area (Å²) in [5.74, 6) is -1.86. The normalized spacial score (nSPS) is 20.3. The highest BCUT2D eigenvalue weighted by Gasteiger charge is 2.39. The van der Waals surface area contributed by atoms with Gasteiger partial charge in [0.25, 0.3) is 0 Å². The lowest BCUT2D eigenvalue weighted by Gasteiger charge is -2.39. The fourth-order valence-corrected chi connectivity index (χ4v) is 2.69. The molecule has 4 nitrogen and oxygen atoms in total. The van der Waals surface area contributed by atoms with Crippen LogP contribution in [-0.4, -0.2) is 17.3 Å². The zero-order valence-electron chi connectivity index (χ0n) is 9.43. The van der Waals surface area contributed by atoms with Crippen molar-refractivity contribution >= 4 is 27.3 Å². The van der Waals surface area contributed by atoms with Crippen molar-refractivity contribution in [3.05, 3.63) is 22.2 Å². The van der Waals surface area contributed by atoms with E-state index in [9.17, 15) is 13.9 Å². The second-order valence-electron chi connectivity index (χ2n) is 4.78. The van der Waals surface area contributed by atoms with E-state index in [4.69, 9.17) is 0 Å². The van der Waals surface area contributed by atoms with Gasteiger partial charge in [0.05, 0.1) is 22.3 Å². The van der Waals surface area contributed by atoms with E-state index in [0.717, 1.165) is 6.42 Å². The Kier molecular flexibility index (Phi) is 2.72. The number of hydrogen-bond donors (Lipinski definition) is 3. The molecule has 1 aromatic carbocycles. The SMILES string of the molecule is OC1(CN2NNc3cc(Br)c(F)c(F)c32)CCC1. The Morgan fingerprint density at radius 1 is 1.39 bits per heavy atom. The van der Waals surface area contributed by atoms with Gasteiger partial charge >= 0.3 is 0 Å². The molecule has 1 fully saturated rings. The van der Waals surface area contributed by atoms with Crippen molar-refractivity contribution in [2.24, 2.45) is 0 Å². The molecule has 0 unspecified atom stereocenters. The van der Waals surface area contributed by atoms with Crippen LogP contribution in [0.2, 0.25) is 0 Å². The number of nitrogens with zero attached hydrogens (tertiary/aromatic N) is 1. The van der Waals surface area contributed by atoms with Gasteiger partial charge < -0.3 is 10.5 Å². The van der Waals surface area contributed by atoms with Crippen LogP contribution in [0.1, 0.15) is 19.3 Å². The molecule has 0 radical (unpaired) electrons. The number of fused-ring (bicyclic) bond motifs is 1. The molecule has 1 aliphatic heterocycles. The summed E-state index contributed by atoms with van der Waals surface area (Å²) >= 11 is 2.96. The quantitative estimate of drug-likeness (QED) is 0.732. The molecule has 0 bridgehead atoms. The predicted octanol–water partition coefficient (Wildman–Crippen LogP) is 2.29. The largest absolute Gasteiger partial charge is 0.388 e. The lowest BCUT2D eigenvalue weighted by molar-refractivity contribution is -0.0266. The van der Waals surface area contributed by atoms with Crippen LogP contribution in [0.25, 0.3) is 0 Å². The van der Waals surface area contributed by atoms with E-state index in [-0.39, 0.29) is 16.7 Å².